The van der Waals surface area contributed by atoms with Gasteiger partial charge in [-0.15, -0.1) is 21.5 Å². The second-order valence-electron chi connectivity index (χ2n) is 6.76. The normalized spacial score (nSPS) is 10.8. The Hall–Kier alpha value is -2.65. The lowest BCUT2D eigenvalue weighted by atomic mass is 10.1. The fourth-order valence-corrected chi connectivity index (χ4v) is 5.04. The summed E-state index contributed by atoms with van der Waals surface area (Å²) < 4.78 is 6.77. The predicted octanol–water partition coefficient (Wildman–Crippen LogP) is 4.24. The second-order valence-corrected chi connectivity index (χ2v) is 8.92. The molecule has 1 amide bonds. The molecule has 0 unspecified atom stereocenters. The number of methoxy groups -OCH3 is 1. The Morgan fingerprint density at radius 2 is 2.03 bits per heavy atom. The maximum Gasteiger partial charge on any atom is 0.341 e. The quantitative estimate of drug-likeness (QED) is 0.433. The van der Waals surface area contributed by atoms with Crippen molar-refractivity contribution in [2.24, 2.45) is 7.05 Å². The zero-order chi connectivity index (χ0) is 21.8. The Labute approximate surface area is 183 Å². The summed E-state index contributed by atoms with van der Waals surface area (Å²) in [5.41, 5.74) is 3.47. The van der Waals surface area contributed by atoms with Crippen molar-refractivity contribution in [3.8, 4) is 11.4 Å². The van der Waals surface area contributed by atoms with Crippen LogP contribution >= 0.6 is 23.1 Å². The number of anilines is 1. The molecule has 7 nitrogen and oxygen atoms in total. The minimum Gasteiger partial charge on any atom is -0.465 e. The minimum atomic E-state index is -0.435. The van der Waals surface area contributed by atoms with Crippen LogP contribution < -0.4 is 5.32 Å². The summed E-state index contributed by atoms with van der Waals surface area (Å²) in [5, 5.41) is 12.5. The van der Waals surface area contributed by atoms with E-state index >= 15 is 0 Å². The van der Waals surface area contributed by atoms with Gasteiger partial charge in [0.25, 0.3) is 0 Å². The molecule has 3 aromatic rings. The van der Waals surface area contributed by atoms with Crippen LogP contribution in [0.25, 0.3) is 11.4 Å². The predicted molar refractivity (Wildman–Crippen MR) is 120 cm³/mol. The lowest BCUT2D eigenvalue weighted by molar-refractivity contribution is -0.113. The Kier molecular flexibility index (Phi) is 6.94. The first kappa shape index (κ1) is 22.0. The third kappa shape index (κ3) is 4.57. The molecule has 0 saturated carbocycles. The van der Waals surface area contributed by atoms with Crippen LogP contribution in [0, 0.1) is 13.8 Å². The van der Waals surface area contributed by atoms with E-state index in [1.54, 1.807) is 0 Å². The lowest BCUT2D eigenvalue weighted by Crippen LogP contribution is -2.16. The van der Waals surface area contributed by atoms with Gasteiger partial charge in [-0.05, 0) is 31.9 Å². The molecule has 158 valence electrons. The number of nitrogens with one attached hydrogen (secondary N) is 1. The third-order valence-electron chi connectivity index (χ3n) is 4.65. The van der Waals surface area contributed by atoms with Crippen LogP contribution in [0.1, 0.15) is 33.3 Å². The monoisotopic (exact) mass is 444 g/mol. The van der Waals surface area contributed by atoms with Gasteiger partial charge in [0.05, 0.1) is 18.4 Å². The van der Waals surface area contributed by atoms with E-state index in [-0.39, 0.29) is 11.7 Å². The van der Waals surface area contributed by atoms with Crippen LogP contribution in [0.2, 0.25) is 0 Å². The molecule has 1 N–H and O–H groups in total. The number of carbonyl (C=O) groups is 2. The summed E-state index contributed by atoms with van der Waals surface area (Å²) in [5.74, 6) is 0.249. The summed E-state index contributed by atoms with van der Waals surface area (Å²) in [6, 6.07) is 8.03. The first-order valence-electron chi connectivity index (χ1n) is 9.45. The van der Waals surface area contributed by atoms with E-state index in [2.05, 4.69) is 15.5 Å². The number of aromatic nitrogens is 3. The number of amides is 1. The average Bonchev–Trinajstić information content (AvgIpc) is 3.24. The van der Waals surface area contributed by atoms with Gasteiger partial charge in [0.1, 0.15) is 5.00 Å². The lowest BCUT2D eigenvalue weighted by Gasteiger charge is -2.07. The van der Waals surface area contributed by atoms with E-state index in [4.69, 9.17) is 4.74 Å². The van der Waals surface area contributed by atoms with Crippen LogP contribution in [0.3, 0.4) is 0 Å². The molecule has 0 saturated heterocycles. The van der Waals surface area contributed by atoms with E-state index in [1.807, 2.05) is 56.7 Å². The first-order chi connectivity index (χ1) is 14.3. The van der Waals surface area contributed by atoms with E-state index in [1.165, 1.54) is 30.2 Å². The summed E-state index contributed by atoms with van der Waals surface area (Å²) in [7, 11) is 3.22. The number of aryl methyl sites for hydroxylation is 2. The molecule has 0 spiro atoms. The Morgan fingerprint density at radius 3 is 2.70 bits per heavy atom. The van der Waals surface area contributed by atoms with E-state index in [0.717, 1.165) is 27.4 Å². The highest BCUT2D eigenvalue weighted by Crippen LogP contribution is 2.34. The molecular weight excluding hydrogens is 420 g/mol. The number of esters is 1. The molecule has 2 heterocycles. The van der Waals surface area contributed by atoms with Crippen molar-refractivity contribution >= 4 is 40.0 Å². The van der Waals surface area contributed by atoms with Crippen molar-refractivity contribution in [2.75, 3.05) is 18.2 Å². The van der Waals surface area contributed by atoms with Gasteiger partial charge in [-0.3, -0.25) is 4.79 Å². The third-order valence-corrected chi connectivity index (χ3v) is 6.73. The maximum absolute atomic E-state index is 12.6. The van der Waals surface area contributed by atoms with Gasteiger partial charge in [0.15, 0.2) is 11.0 Å². The largest absolute Gasteiger partial charge is 0.465 e. The standard InChI is InChI=1S/C21H24N4O3S2/c1-6-15-13(3)30-19(17(15)20(27)28-5)22-16(26)11-29-21-24-23-18(25(21)4)14-9-7-8-12(2)10-14/h7-10H,6,11H2,1-5H3,(H,22,26). The molecule has 0 aliphatic rings. The molecule has 0 fully saturated rings. The fourth-order valence-electron chi connectivity index (χ4n) is 3.18. The number of rotatable bonds is 7. The SMILES string of the molecule is CCc1c(C)sc(NC(=O)CSc2nnc(-c3cccc(C)c3)n2C)c1C(=O)OC. The number of thiophene rings is 1. The molecule has 30 heavy (non-hydrogen) atoms. The summed E-state index contributed by atoms with van der Waals surface area (Å²) in [4.78, 5) is 25.8. The van der Waals surface area contributed by atoms with Gasteiger partial charge in [-0.2, -0.15) is 0 Å². The van der Waals surface area contributed by atoms with Gasteiger partial charge < -0.3 is 14.6 Å². The fraction of sp³-hybridized carbons (Fsp3) is 0.333. The number of thioether (sulfide) groups is 1. The molecule has 0 bridgehead atoms. The smallest absolute Gasteiger partial charge is 0.341 e. The molecule has 2 aromatic heterocycles. The highest BCUT2D eigenvalue weighted by molar-refractivity contribution is 7.99. The van der Waals surface area contributed by atoms with E-state index in [0.29, 0.717) is 22.1 Å². The first-order valence-corrected chi connectivity index (χ1v) is 11.3. The Bertz CT molecular complexity index is 1090. The molecule has 1 aromatic carbocycles. The second kappa shape index (κ2) is 9.44. The number of carbonyl (C=O) groups excluding carboxylic acids is 2. The molecule has 0 radical (unpaired) electrons. The highest BCUT2D eigenvalue weighted by atomic mass is 32.2. The van der Waals surface area contributed by atoms with Crippen LogP contribution in [0.15, 0.2) is 29.4 Å². The Balaban J connectivity index is 1.71. The molecule has 9 heteroatoms. The zero-order valence-corrected chi connectivity index (χ0v) is 19.2. The van der Waals surface area contributed by atoms with Crippen LogP contribution in [0.4, 0.5) is 5.00 Å². The molecule has 0 aliphatic carbocycles. The number of hydrogen-bond acceptors (Lipinski definition) is 7. The van der Waals surface area contributed by atoms with Crippen molar-refractivity contribution in [3.05, 3.63) is 45.8 Å². The number of hydrogen-bond donors (Lipinski definition) is 1. The molecule has 0 aliphatic heterocycles. The van der Waals surface area contributed by atoms with Crippen molar-refractivity contribution in [2.45, 2.75) is 32.3 Å². The van der Waals surface area contributed by atoms with E-state index in [9.17, 15) is 9.59 Å². The zero-order valence-electron chi connectivity index (χ0n) is 17.6. The van der Waals surface area contributed by atoms with Gasteiger partial charge in [-0.1, -0.05) is 42.4 Å². The summed E-state index contributed by atoms with van der Waals surface area (Å²) in [6.07, 6.45) is 0.693. The number of benzene rings is 1. The molecular formula is C21H24N4O3S2. The minimum absolute atomic E-state index is 0.152. The van der Waals surface area contributed by atoms with Crippen molar-refractivity contribution < 1.29 is 14.3 Å². The van der Waals surface area contributed by atoms with Crippen molar-refractivity contribution in [1.29, 1.82) is 0 Å². The Morgan fingerprint density at radius 1 is 1.27 bits per heavy atom. The maximum atomic E-state index is 12.6. The van der Waals surface area contributed by atoms with Gasteiger partial charge in [-0.25, -0.2) is 4.79 Å². The number of nitrogens with zero attached hydrogens (tertiary/aromatic N) is 3. The van der Waals surface area contributed by atoms with E-state index < -0.39 is 5.97 Å². The topological polar surface area (TPSA) is 86.1 Å². The van der Waals surface area contributed by atoms with Crippen LogP contribution in [-0.4, -0.2) is 39.5 Å². The summed E-state index contributed by atoms with van der Waals surface area (Å²) in [6.45, 7) is 5.94. The van der Waals surface area contributed by atoms with Gasteiger partial charge in [0.2, 0.25) is 5.91 Å². The van der Waals surface area contributed by atoms with Crippen molar-refractivity contribution in [1.82, 2.24) is 14.8 Å². The molecule has 3 rings (SSSR count). The summed E-state index contributed by atoms with van der Waals surface area (Å²) >= 11 is 2.69. The average molecular weight is 445 g/mol. The highest BCUT2D eigenvalue weighted by Gasteiger charge is 2.23. The van der Waals surface area contributed by atoms with Gasteiger partial charge >= 0.3 is 5.97 Å². The number of ether oxygens (including phenoxy) is 1. The van der Waals surface area contributed by atoms with Crippen molar-refractivity contribution in [3.63, 3.8) is 0 Å². The molecule has 0 atom stereocenters. The van der Waals surface area contributed by atoms with Crippen LogP contribution in [-0.2, 0) is 23.0 Å². The van der Waals surface area contributed by atoms with Crippen LogP contribution in [0.5, 0.6) is 0 Å². The van der Waals surface area contributed by atoms with Gasteiger partial charge in [0, 0.05) is 17.5 Å².